The molecule has 0 saturated heterocycles. The van der Waals surface area contributed by atoms with Crippen LogP contribution >= 0.6 is 11.6 Å². The highest BCUT2D eigenvalue weighted by Crippen LogP contribution is 2.49. The Balaban J connectivity index is 1.46. The molecule has 25 heavy (non-hydrogen) atoms. The molecule has 0 radical (unpaired) electrons. The third-order valence-corrected chi connectivity index (χ3v) is 6.07. The molecular weight excluding hydrogens is 342 g/mol. The van der Waals surface area contributed by atoms with E-state index in [0.717, 1.165) is 43.2 Å². The quantitative estimate of drug-likeness (QED) is 0.722. The van der Waals surface area contributed by atoms with Crippen molar-refractivity contribution in [1.82, 2.24) is 4.90 Å². The molecule has 1 atom stereocenters. The van der Waals surface area contributed by atoms with Crippen molar-refractivity contribution < 1.29 is 18.9 Å². The minimum Gasteiger partial charge on any atom is -0.454 e. The van der Waals surface area contributed by atoms with Crippen LogP contribution in [0.4, 0.5) is 0 Å². The minimum absolute atomic E-state index is 0.247. The van der Waals surface area contributed by atoms with Crippen LogP contribution in [-0.4, -0.2) is 25.0 Å². The van der Waals surface area contributed by atoms with Gasteiger partial charge in [0.25, 0.3) is 0 Å². The average molecular weight is 358 g/mol. The van der Waals surface area contributed by atoms with Gasteiger partial charge in [-0.2, -0.15) is 0 Å². The van der Waals surface area contributed by atoms with E-state index in [1.165, 1.54) is 22.3 Å². The summed E-state index contributed by atoms with van der Waals surface area (Å²) in [7, 11) is 0. The molecular formula is C19H16ClNO4. The summed E-state index contributed by atoms with van der Waals surface area (Å²) in [6.07, 6.45) is 1.90. The number of fused-ring (bicyclic) bond motifs is 6. The molecule has 0 spiro atoms. The largest absolute Gasteiger partial charge is 0.454 e. The van der Waals surface area contributed by atoms with Crippen LogP contribution in [0.25, 0.3) is 0 Å². The lowest BCUT2D eigenvalue weighted by molar-refractivity contribution is 0.160. The zero-order valence-electron chi connectivity index (χ0n) is 13.5. The number of rotatable bonds is 0. The Bertz CT molecular complexity index is 913. The van der Waals surface area contributed by atoms with Crippen LogP contribution in [0.15, 0.2) is 18.2 Å². The number of nitrogens with zero attached hydrogens (tertiary/aromatic N) is 1. The normalized spacial score (nSPS) is 22.4. The van der Waals surface area contributed by atoms with Gasteiger partial charge in [0.05, 0.1) is 5.02 Å². The third kappa shape index (κ3) is 1.94. The third-order valence-electron chi connectivity index (χ3n) is 5.67. The molecule has 4 aliphatic rings. The Labute approximate surface area is 150 Å². The van der Waals surface area contributed by atoms with Crippen molar-refractivity contribution in [3.63, 3.8) is 0 Å². The van der Waals surface area contributed by atoms with E-state index in [4.69, 9.17) is 30.5 Å². The topological polar surface area (TPSA) is 40.2 Å². The van der Waals surface area contributed by atoms with Crippen LogP contribution in [0, 0.1) is 0 Å². The molecule has 4 aliphatic heterocycles. The monoisotopic (exact) mass is 357 g/mol. The van der Waals surface area contributed by atoms with Crippen molar-refractivity contribution in [2.45, 2.75) is 25.4 Å². The van der Waals surface area contributed by atoms with E-state index in [2.05, 4.69) is 23.1 Å². The fraction of sp³-hybridized carbons (Fsp3) is 0.368. The van der Waals surface area contributed by atoms with E-state index >= 15 is 0 Å². The first-order valence-electron chi connectivity index (χ1n) is 8.54. The first-order chi connectivity index (χ1) is 12.3. The van der Waals surface area contributed by atoms with Crippen LogP contribution in [-0.2, 0) is 19.4 Å². The van der Waals surface area contributed by atoms with Gasteiger partial charge >= 0.3 is 0 Å². The van der Waals surface area contributed by atoms with Crippen molar-refractivity contribution in [3.05, 3.63) is 45.5 Å². The fourth-order valence-corrected chi connectivity index (χ4v) is 4.78. The number of hydrogen-bond acceptors (Lipinski definition) is 5. The molecule has 0 aliphatic carbocycles. The van der Waals surface area contributed by atoms with Gasteiger partial charge in [0.1, 0.15) is 0 Å². The van der Waals surface area contributed by atoms with Gasteiger partial charge in [0.2, 0.25) is 13.6 Å². The van der Waals surface area contributed by atoms with Crippen molar-refractivity contribution in [2.75, 3.05) is 20.1 Å². The highest BCUT2D eigenvalue weighted by Gasteiger charge is 2.36. The Morgan fingerprint density at radius 3 is 2.60 bits per heavy atom. The molecule has 6 rings (SSSR count). The molecule has 2 aromatic carbocycles. The predicted octanol–water partition coefficient (Wildman–Crippen LogP) is 3.45. The Hall–Kier alpha value is -2.11. The first-order valence-corrected chi connectivity index (χ1v) is 8.92. The SMILES string of the molecule is Clc1c2c(cc3c1OCO3)CN1CCc3cc4c(cc3[C@@H]1C2)OCO4. The molecule has 0 amide bonds. The standard InChI is InChI=1S/C19H16ClNO4/c20-18-13-5-14-12-6-16-15(22-8-23-16)3-10(12)1-2-21(14)7-11(13)4-17-19(18)25-9-24-17/h3-4,6,14H,1-2,5,7-9H2/t14-/m0/s1. The molecule has 4 heterocycles. The summed E-state index contributed by atoms with van der Waals surface area (Å²) in [5.41, 5.74) is 5.10. The van der Waals surface area contributed by atoms with Crippen molar-refractivity contribution in [2.24, 2.45) is 0 Å². The summed E-state index contributed by atoms with van der Waals surface area (Å²) in [5.74, 6) is 3.17. The van der Waals surface area contributed by atoms with Crippen LogP contribution in [0.5, 0.6) is 23.0 Å². The molecule has 0 saturated carbocycles. The Morgan fingerprint density at radius 2 is 1.68 bits per heavy atom. The van der Waals surface area contributed by atoms with E-state index in [1.807, 2.05) is 0 Å². The summed E-state index contributed by atoms with van der Waals surface area (Å²) >= 11 is 6.66. The van der Waals surface area contributed by atoms with E-state index in [0.29, 0.717) is 23.6 Å². The lowest BCUT2D eigenvalue weighted by atomic mass is 9.83. The van der Waals surface area contributed by atoms with Crippen molar-refractivity contribution in [1.29, 1.82) is 0 Å². The van der Waals surface area contributed by atoms with Gasteiger partial charge in [0.15, 0.2) is 23.0 Å². The van der Waals surface area contributed by atoms with Gasteiger partial charge in [-0.3, -0.25) is 4.90 Å². The van der Waals surface area contributed by atoms with Gasteiger partial charge in [-0.05, 0) is 53.3 Å². The van der Waals surface area contributed by atoms with Crippen LogP contribution in [0.1, 0.15) is 28.3 Å². The number of benzene rings is 2. The molecule has 128 valence electrons. The molecule has 0 bridgehead atoms. The first kappa shape index (κ1) is 14.1. The smallest absolute Gasteiger partial charge is 0.231 e. The van der Waals surface area contributed by atoms with E-state index in [-0.39, 0.29) is 6.79 Å². The molecule has 0 unspecified atom stereocenters. The molecule has 0 fully saturated rings. The van der Waals surface area contributed by atoms with Crippen LogP contribution in [0.2, 0.25) is 5.02 Å². The summed E-state index contributed by atoms with van der Waals surface area (Å²) in [6.45, 7) is 2.47. The molecule has 6 heteroatoms. The van der Waals surface area contributed by atoms with Gasteiger partial charge in [-0.25, -0.2) is 0 Å². The summed E-state index contributed by atoms with van der Waals surface area (Å²) in [4.78, 5) is 2.52. The summed E-state index contributed by atoms with van der Waals surface area (Å²) in [5, 5.41) is 0.706. The molecule has 5 nitrogen and oxygen atoms in total. The fourth-order valence-electron chi connectivity index (χ4n) is 4.44. The lowest BCUT2D eigenvalue weighted by Gasteiger charge is -2.41. The second kappa shape index (κ2) is 4.96. The second-order valence-corrected chi connectivity index (χ2v) is 7.28. The number of hydrogen-bond donors (Lipinski definition) is 0. The maximum absolute atomic E-state index is 6.66. The highest BCUT2D eigenvalue weighted by atomic mass is 35.5. The summed E-state index contributed by atoms with van der Waals surface area (Å²) in [6, 6.07) is 6.70. The Morgan fingerprint density at radius 1 is 0.920 bits per heavy atom. The zero-order valence-corrected chi connectivity index (χ0v) is 14.3. The number of ether oxygens (including phenoxy) is 4. The maximum atomic E-state index is 6.66. The number of halogens is 1. The highest BCUT2D eigenvalue weighted by molar-refractivity contribution is 6.33. The van der Waals surface area contributed by atoms with Gasteiger partial charge < -0.3 is 18.9 Å². The van der Waals surface area contributed by atoms with Crippen LogP contribution in [0.3, 0.4) is 0 Å². The van der Waals surface area contributed by atoms with Gasteiger partial charge in [-0.1, -0.05) is 11.6 Å². The van der Waals surface area contributed by atoms with E-state index < -0.39 is 0 Å². The van der Waals surface area contributed by atoms with Gasteiger partial charge in [0, 0.05) is 19.1 Å². The Kier molecular flexibility index (Phi) is 2.80. The van der Waals surface area contributed by atoms with Gasteiger partial charge in [-0.15, -0.1) is 0 Å². The average Bonchev–Trinajstić information content (AvgIpc) is 3.27. The van der Waals surface area contributed by atoms with Crippen LogP contribution < -0.4 is 18.9 Å². The molecule has 0 aromatic heterocycles. The zero-order chi connectivity index (χ0) is 16.5. The van der Waals surface area contributed by atoms with E-state index in [1.54, 1.807) is 0 Å². The predicted molar refractivity (Wildman–Crippen MR) is 90.7 cm³/mol. The maximum Gasteiger partial charge on any atom is 0.231 e. The molecule has 2 aromatic rings. The van der Waals surface area contributed by atoms with Crippen molar-refractivity contribution in [3.8, 4) is 23.0 Å². The second-order valence-electron chi connectivity index (χ2n) is 6.91. The van der Waals surface area contributed by atoms with Crippen molar-refractivity contribution >= 4 is 11.6 Å². The van der Waals surface area contributed by atoms with E-state index in [9.17, 15) is 0 Å². The summed E-state index contributed by atoms with van der Waals surface area (Å²) < 4.78 is 22.2. The molecule has 0 N–H and O–H groups in total. The lowest BCUT2D eigenvalue weighted by Crippen LogP contribution is -2.39. The minimum atomic E-state index is 0.247.